The molecule has 0 saturated carbocycles. The number of furan rings is 1. The van der Waals surface area contributed by atoms with Gasteiger partial charge < -0.3 is 24.9 Å². The molecule has 1 aromatic heterocycles. The number of carboxylic acid groups (broad SMARTS) is 1. The predicted octanol–water partition coefficient (Wildman–Crippen LogP) is 0.956. The Bertz CT molecular complexity index is 451. The summed E-state index contributed by atoms with van der Waals surface area (Å²) in [5.41, 5.74) is 0. The van der Waals surface area contributed by atoms with E-state index >= 15 is 0 Å². The van der Waals surface area contributed by atoms with Gasteiger partial charge in [-0.3, -0.25) is 0 Å². The van der Waals surface area contributed by atoms with E-state index in [0.29, 0.717) is 12.3 Å². The van der Waals surface area contributed by atoms with Crippen molar-refractivity contribution in [1.29, 1.82) is 0 Å². The first-order chi connectivity index (χ1) is 9.15. The second-order valence-corrected chi connectivity index (χ2v) is 4.27. The third-order valence-electron chi connectivity index (χ3n) is 2.81. The zero-order chi connectivity index (χ0) is 13.7. The smallest absolute Gasteiger partial charge is 0.371 e. The van der Waals surface area contributed by atoms with E-state index in [1.54, 1.807) is 0 Å². The molecule has 0 spiro atoms. The van der Waals surface area contributed by atoms with Crippen molar-refractivity contribution < 1.29 is 23.8 Å². The number of amides is 2. The quantitative estimate of drug-likeness (QED) is 0.738. The summed E-state index contributed by atoms with van der Waals surface area (Å²) in [6.45, 7) is 1.37. The molecular formula is C12H16N2O5. The summed E-state index contributed by atoms with van der Waals surface area (Å²) in [7, 11) is 0. The molecular weight excluding hydrogens is 252 g/mol. The first-order valence-corrected chi connectivity index (χ1v) is 6.10. The molecule has 1 aliphatic rings. The van der Waals surface area contributed by atoms with Gasteiger partial charge in [0.05, 0.1) is 12.6 Å². The van der Waals surface area contributed by atoms with Gasteiger partial charge in [0.2, 0.25) is 5.76 Å². The molecule has 1 unspecified atom stereocenters. The van der Waals surface area contributed by atoms with Crippen molar-refractivity contribution >= 4 is 12.0 Å². The fourth-order valence-electron chi connectivity index (χ4n) is 1.83. The van der Waals surface area contributed by atoms with Crippen molar-refractivity contribution in [2.24, 2.45) is 0 Å². The lowest BCUT2D eigenvalue weighted by Crippen LogP contribution is -2.39. The average molecular weight is 268 g/mol. The molecule has 2 rings (SSSR count). The number of hydrogen-bond donors (Lipinski definition) is 3. The van der Waals surface area contributed by atoms with Crippen LogP contribution in [0, 0.1) is 0 Å². The normalized spacial score (nSPS) is 18.2. The van der Waals surface area contributed by atoms with Gasteiger partial charge in [0, 0.05) is 13.2 Å². The number of carbonyl (C=O) groups is 2. The SMILES string of the molecule is O=C(NCc1ccc(C(=O)O)o1)NCC1CCCO1. The van der Waals surface area contributed by atoms with Crippen molar-refractivity contribution in [3.63, 3.8) is 0 Å². The molecule has 1 fully saturated rings. The number of rotatable bonds is 5. The molecule has 0 aromatic carbocycles. The minimum atomic E-state index is -1.13. The average Bonchev–Trinajstić information content (AvgIpc) is 3.05. The maximum atomic E-state index is 11.5. The van der Waals surface area contributed by atoms with E-state index in [4.69, 9.17) is 14.3 Å². The molecule has 0 bridgehead atoms. The summed E-state index contributed by atoms with van der Waals surface area (Å²) in [6, 6.07) is 2.54. The zero-order valence-corrected chi connectivity index (χ0v) is 10.3. The van der Waals surface area contributed by atoms with Gasteiger partial charge in [0.25, 0.3) is 0 Å². The third-order valence-corrected chi connectivity index (χ3v) is 2.81. The van der Waals surface area contributed by atoms with Crippen molar-refractivity contribution in [2.75, 3.05) is 13.2 Å². The molecule has 2 heterocycles. The van der Waals surface area contributed by atoms with Crippen LogP contribution in [0.3, 0.4) is 0 Å². The van der Waals surface area contributed by atoms with Crippen LogP contribution in [0.5, 0.6) is 0 Å². The van der Waals surface area contributed by atoms with Gasteiger partial charge in [-0.25, -0.2) is 9.59 Å². The van der Waals surface area contributed by atoms with Crippen LogP contribution in [0.1, 0.15) is 29.2 Å². The van der Waals surface area contributed by atoms with Crippen LogP contribution in [0.2, 0.25) is 0 Å². The van der Waals surface area contributed by atoms with Gasteiger partial charge >= 0.3 is 12.0 Å². The maximum Gasteiger partial charge on any atom is 0.371 e. The highest BCUT2D eigenvalue weighted by molar-refractivity contribution is 5.84. The summed E-state index contributed by atoms with van der Waals surface area (Å²) in [4.78, 5) is 22.1. The van der Waals surface area contributed by atoms with E-state index in [-0.39, 0.29) is 24.4 Å². The monoisotopic (exact) mass is 268 g/mol. The van der Waals surface area contributed by atoms with E-state index in [0.717, 1.165) is 19.4 Å². The van der Waals surface area contributed by atoms with Crippen LogP contribution < -0.4 is 10.6 Å². The van der Waals surface area contributed by atoms with Crippen LogP contribution in [0.15, 0.2) is 16.5 Å². The van der Waals surface area contributed by atoms with Crippen molar-refractivity contribution in [1.82, 2.24) is 10.6 Å². The summed E-state index contributed by atoms with van der Waals surface area (Å²) < 4.78 is 10.4. The number of nitrogens with one attached hydrogen (secondary N) is 2. The van der Waals surface area contributed by atoms with Crippen LogP contribution in [0.4, 0.5) is 4.79 Å². The fraction of sp³-hybridized carbons (Fsp3) is 0.500. The van der Waals surface area contributed by atoms with Crippen molar-refractivity contribution in [3.8, 4) is 0 Å². The first-order valence-electron chi connectivity index (χ1n) is 6.10. The Balaban J connectivity index is 1.68. The Kier molecular flexibility index (Phi) is 4.40. The standard InChI is InChI=1S/C12H16N2O5/c15-11(16)10-4-3-9(19-10)7-14-12(17)13-6-8-2-1-5-18-8/h3-4,8H,1-2,5-7H2,(H,15,16)(H2,13,14,17). The van der Waals surface area contributed by atoms with Crippen molar-refractivity contribution in [2.45, 2.75) is 25.5 Å². The summed E-state index contributed by atoms with van der Waals surface area (Å²) in [5.74, 6) is -0.879. The highest BCUT2D eigenvalue weighted by Gasteiger charge is 2.16. The molecule has 1 atom stereocenters. The molecule has 19 heavy (non-hydrogen) atoms. The lowest BCUT2D eigenvalue weighted by Gasteiger charge is -2.11. The zero-order valence-electron chi connectivity index (χ0n) is 10.3. The van der Waals surface area contributed by atoms with Gasteiger partial charge in [-0.2, -0.15) is 0 Å². The topological polar surface area (TPSA) is 101 Å². The van der Waals surface area contributed by atoms with Gasteiger partial charge in [-0.15, -0.1) is 0 Å². The number of hydrogen-bond acceptors (Lipinski definition) is 4. The summed E-state index contributed by atoms with van der Waals surface area (Å²) in [5, 5.41) is 13.9. The maximum absolute atomic E-state index is 11.5. The number of urea groups is 1. The van der Waals surface area contributed by atoms with Gasteiger partial charge in [-0.1, -0.05) is 0 Å². The molecule has 104 valence electrons. The molecule has 2 amide bonds. The van der Waals surface area contributed by atoms with Gasteiger partial charge in [0.1, 0.15) is 5.76 Å². The largest absolute Gasteiger partial charge is 0.475 e. The number of ether oxygens (including phenoxy) is 1. The molecule has 0 radical (unpaired) electrons. The highest BCUT2D eigenvalue weighted by Crippen LogP contribution is 2.10. The first kappa shape index (κ1) is 13.4. The molecule has 3 N–H and O–H groups in total. The summed E-state index contributed by atoms with van der Waals surface area (Å²) in [6.07, 6.45) is 2.08. The van der Waals surface area contributed by atoms with Crippen LogP contribution in [-0.2, 0) is 11.3 Å². The molecule has 7 nitrogen and oxygen atoms in total. The van der Waals surface area contributed by atoms with E-state index in [9.17, 15) is 9.59 Å². The van der Waals surface area contributed by atoms with Gasteiger partial charge in [-0.05, 0) is 25.0 Å². The van der Waals surface area contributed by atoms with E-state index in [1.165, 1.54) is 12.1 Å². The van der Waals surface area contributed by atoms with Crippen molar-refractivity contribution in [3.05, 3.63) is 23.7 Å². The molecule has 7 heteroatoms. The number of aromatic carboxylic acids is 1. The highest BCUT2D eigenvalue weighted by atomic mass is 16.5. The molecule has 1 aromatic rings. The predicted molar refractivity (Wildman–Crippen MR) is 64.9 cm³/mol. The van der Waals surface area contributed by atoms with E-state index < -0.39 is 5.97 Å². The minimum Gasteiger partial charge on any atom is -0.475 e. The molecule has 0 aliphatic carbocycles. The van der Waals surface area contributed by atoms with Gasteiger partial charge in [0.15, 0.2) is 0 Å². The Morgan fingerprint density at radius 1 is 1.37 bits per heavy atom. The Morgan fingerprint density at radius 2 is 2.21 bits per heavy atom. The van der Waals surface area contributed by atoms with E-state index in [1.807, 2.05) is 0 Å². The van der Waals surface area contributed by atoms with Crippen LogP contribution in [-0.4, -0.2) is 36.4 Å². The van der Waals surface area contributed by atoms with E-state index in [2.05, 4.69) is 10.6 Å². The number of carboxylic acids is 1. The summed E-state index contributed by atoms with van der Waals surface area (Å²) >= 11 is 0. The molecule has 1 aliphatic heterocycles. The minimum absolute atomic E-state index is 0.0907. The lowest BCUT2D eigenvalue weighted by atomic mass is 10.2. The van der Waals surface area contributed by atoms with Crippen LogP contribution in [0.25, 0.3) is 0 Å². The lowest BCUT2D eigenvalue weighted by molar-refractivity contribution is 0.0660. The number of carbonyl (C=O) groups excluding carboxylic acids is 1. The Labute approximate surface area is 109 Å². The van der Waals surface area contributed by atoms with Crippen LogP contribution >= 0.6 is 0 Å². The fourth-order valence-corrected chi connectivity index (χ4v) is 1.83. The Hall–Kier alpha value is -2.02. The third kappa shape index (κ3) is 3.99. The Morgan fingerprint density at radius 3 is 2.84 bits per heavy atom. The molecule has 1 saturated heterocycles. The second kappa shape index (κ2) is 6.24. The second-order valence-electron chi connectivity index (χ2n) is 4.27.